The molecule has 2 aromatic carbocycles. The number of carbonyl (C=O) groups is 3. The van der Waals surface area contributed by atoms with Gasteiger partial charge >= 0.3 is 6.09 Å². The van der Waals surface area contributed by atoms with Gasteiger partial charge in [0.25, 0.3) is 0 Å². The first kappa shape index (κ1) is 29.9. The molecule has 0 aliphatic carbocycles. The van der Waals surface area contributed by atoms with E-state index in [1.54, 1.807) is 31.7 Å². The van der Waals surface area contributed by atoms with E-state index in [2.05, 4.69) is 5.32 Å². The maximum absolute atomic E-state index is 14.4. The average Bonchev–Trinajstić information content (AvgIpc) is 2.84. The van der Waals surface area contributed by atoms with E-state index >= 15 is 0 Å². The molecule has 0 unspecified atom stereocenters. The zero-order valence-corrected chi connectivity index (χ0v) is 23.5. The summed E-state index contributed by atoms with van der Waals surface area (Å²) in [5.41, 5.74) is 0.862. The molecule has 0 spiro atoms. The number of nitrogens with zero attached hydrogens (tertiary/aromatic N) is 2. The number of nitrogens with one attached hydrogen (secondary N) is 1. The normalized spacial score (nSPS) is 16.6. The van der Waals surface area contributed by atoms with Crippen LogP contribution < -0.4 is 10.1 Å². The van der Waals surface area contributed by atoms with E-state index in [0.29, 0.717) is 37.6 Å². The van der Waals surface area contributed by atoms with E-state index in [9.17, 15) is 18.8 Å². The van der Waals surface area contributed by atoms with Gasteiger partial charge in [-0.1, -0.05) is 37.3 Å². The van der Waals surface area contributed by atoms with Crippen molar-refractivity contribution in [3.05, 3.63) is 65.5 Å². The van der Waals surface area contributed by atoms with Crippen molar-refractivity contribution in [1.29, 1.82) is 0 Å². The number of piperazine rings is 1. The van der Waals surface area contributed by atoms with Gasteiger partial charge in [-0.3, -0.25) is 14.5 Å². The van der Waals surface area contributed by atoms with Gasteiger partial charge in [0, 0.05) is 38.7 Å². The summed E-state index contributed by atoms with van der Waals surface area (Å²) in [5.74, 6) is -0.547. The molecule has 2 aromatic rings. The van der Waals surface area contributed by atoms with Gasteiger partial charge in [0.15, 0.2) is 0 Å². The topological polar surface area (TPSA) is 88.2 Å². The molecular weight excluding hydrogens is 501 g/mol. The summed E-state index contributed by atoms with van der Waals surface area (Å²) >= 11 is 0. The fourth-order valence-corrected chi connectivity index (χ4v) is 4.64. The van der Waals surface area contributed by atoms with Gasteiger partial charge < -0.3 is 19.7 Å². The lowest BCUT2D eigenvalue weighted by molar-refractivity contribution is -0.143. The zero-order chi connectivity index (χ0) is 28.6. The summed E-state index contributed by atoms with van der Waals surface area (Å²) in [4.78, 5) is 42.3. The molecule has 212 valence electrons. The molecule has 8 nitrogen and oxygen atoms in total. The molecule has 1 aliphatic heterocycles. The Bertz CT molecular complexity index is 1140. The molecule has 3 rings (SSSR count). The van der Waals surface area contributed by atoms with Gasteiger partial charge in [-0.25, -0.2) is 9.18 Å². The Morgan fingerprint density at radius 2 is 1.82 bits per heavy atom. The summed E-state index contributed by atoms with van der Waals surface area (Å²) in [6.07, 6.45) is 0.599. The predicted molar refractivity (Wildman–Crippen MR) is 147 cm³/mol. The first-order valence-corrected chi connectivity index (χ1v) is 13.5. The van der Waals surface area contributed by atoms with Crippen molar-refractivity contribution in [2.24, 2.45) is 0 Å². The lowest BCUT2D eigenvalue weighted by Gasteiger charge is -2.42. The summed E-state index contributed by atoms with van der Waals surface area (Å²) in [5, 5.41) is 2.90. The van der Waals surface area contributed by atoms with Crippen LogP contribution in [0, 0.1) is 5.82 Å². The van der Waals surface area contributed by atoms with Crippen LogP contribution >= 0.6 is 0 Å². The molecule has 1 aliphatic rings. The van der Waals surface area contributed by atoms with Crippen molar-refractivity contribution in [3.8, 4) is 5.75 Å². The monoisotopic (exact) mass is 541 g/mol. The van der Waals surface area contributed by atoms with E-state index in [-0.39, 0.29) is 24.7 Å². The Balaban J connectivity index is 1.87. The maximum atomic E-state index is 14.4. The minimum Gasteiger partial charge on any atom is -0.493 e. The standard InChI is InChI=1S/C30H40FN3O5/c1-6-14-38-26-17-23(15-24(31)18-26)16-25(32-21(2)35)19-27-28(36)33(20-22-10-8-7-9-11-22)12-13-34(27)29(37)39-30(3,4)5/h7-11,15,17-18,25,27H,6,12-14,16,19-20H2,1-5H3,(H,32,35)/t25-,27-/m0/s1. The number of hydrogen-bond acceptors (Lipinski definition) is 5. The predicted octanol–water partition coefficient (Wildman–Crippen LogP) is 4.70. The van der Waals surface area contributed by atoms with Crippen LogP contribution in [-0.2, 0) is 27.3 Å². The molecule has 0 radical (unpaired) electrons. The number of amides is 3. The number of rotatable bonds is 10. The largest absolute Gasteiger partial charge is 0.493 e. The van der Waals surface area contributed by atoms with Crippen molar-refractivity contribution >= 4 is 17.9 Å². The minimum atomic E-state index is -0.862. The zero-order valence-electron chi connectivity index (χ0n) is 23.5. The third kappa shape index (κ3) is 9.26. The van der Waals surface area contributed by atoms with Gasteiger partial charge in [0.05, 0.1) is 6.61 Å². The molecule has 0 aromatic heterocycles. The highest BCUT2D eigenvalue weighted by Gasteiger charge is 2.40. The summed E-state index contributed by atoms with van der Waals surface area (Å²) in [6, 6.07) is 12.7. The number of hydrogen-bond donors (Lipinski definition) is 1. The van der Waals surface area contributed by atoms with Crippen molar-refractivity contribution in [3.63, 3.8) is 0 Å². The van der Waals surface area contributed by atoms with Crippen LogP contribution in [0.1, 0.15) is 58.6 Å². The van der Waals surface area contributed by atoms with Crippen molar-refractivity contribution in [2.75, 3.05) is 19.7 Å². The molecule has 0 saturated carbocycles. The molecule has 9 heteroatoms. The minimum absolute atomic E-state index is 0.143. The van der Waals surface area contributed by atoms with Crippen LogP contribution in [0.25, 0.3) is 0 Å². The highest BCUT2D eigenvalue weighted by atomic mass is 19.1. The van der Waals surface area contributed by atoms with Gasteiger partial charge in [0.1, 0.15) is 23.2 Å². The van der Waals surface area contributed by atoms with E-state index < -0.39 is 29.6 Å². The Labute approximate surface area is 230 Å². The molecular formula is C30H40FN3O5. The maximum Gasteiger partial charge on any atom is 0.411 e. The van der Waals surface area contributed by atoms with Crippen LogP contribution in [0.5, 0.6) is 5.75 Å². The average molecular weight is 542 g/mol. The van der Waals surface area contributed by atoms with Crippen LogP contribution in [0.3, 0.4) is 0 Å². The second-order valence-electron chi connectivity index (χ2n) is 10.9. The van der Waals surface area contributed by atoms with Crippen molar-refractivity contribution in [1.82, 2.24) is 15.1 Å². The molecule has 0 bridgehead atoms. The van der Waals surface area contributed by atoms with Gasteiger partial charge in [-0.05, 0) is 63.3 Å². The molecule has 3 amide bonds. The lowest BCUT2D eigenvalue weighted by Crippen LogP contribution is -2.60. The molecule has 39 heavy (non-hydrogen) atoms. The molecule has 2 atom stereocenters. The summed E-state index contributed by atoms with van der Waals surface area (Å²) in [6.45, 7) is 10.2. The van der Waals surface area contributed by atoms with Gasteiger partial charge in [0.2, 0.25) is 11.8 Å². The first-order chi connectivity index (χ1) is 18.4. The molecule has 1 heterocycles. The molecule has 1 N–H and O–H groups in total. The summed E-state index contributed by atoms with van der Waals surface area (Å²) in [7, 11) is 0. The van der Waals surface area contributed by atoms with E-state index in [1.165, 1.54) is 24.0 Å². The van der Waals surface area contributed by atoms with E-state index in [4.69, 9.17) is 9.47 Å². The highest BCUT2D eigenvalue weighted by Crippen LogP contribution is 2.24. The van der Waals surface area contributed by atoms with Crippen LogP contribution in [0.15, 0.2) is 48.5 Å². The van der Waals surface area contributed by atoms with Gasteiger partial charge in [-0.2, -0.15) is 0 Å². The second kappa shape index (κ2) is 13.4. The van der Waals surface area contributed by atoms with Crippen LogP contribution in [0.4, 0.5) is 9.18 Å². The quantitative estimate of drug-likeness (QED) is 0.471. The summed E-state index contributed by atoms with van der Waals surface area (Å²) < 4.78 is 25.6. The van der Waals surface area contributed by atoms with E-state index in [1.807, 2.05) is 37.3 Å². The Morgan fingerprint density at radius 1 is 1.10 bits per heavy atom. The number of halogens is 1. The number of carbonyl (C=O) groups excluding carboxylic acids is 3. The molecule has 1 fully saturated rings. The third-order valence-corrected chi connectivity index (χ3v) is 6.23. The number of benzene rings is 2. The fraction of sp³-hybridized carbons (Fsp3) is 0.500. The van der Waals surface area contributed by atoms with Crippen LogP contribution in [-0.4, -0.2) is 65.1 Å². The Morgan fingerprint density at radius 3 is 2.46 bits per heavy atom. The second-order valence-corrected chi connectivity index (χ2v) is 10.9. The molecule has 1 saturated heterocycles. The third-order valence-electron chi connectivity index (χ3n) is 6.23. The van der Waals surface area contributed by atoms with E-state index in [0.717, 1.165) is 12.0 Å². The first-order valence-electron chi connectivity index (χ1n) is 13.5. The van der Waals surface area contributed by atoms with Crippen molar-refractivity contribution in [2.45, 2.75) is 78.1 Å². The highest BCUT2D eigenvalue weighted by molar-refractivity contribution is 5.87. The van der Waals surface area contributed by atoms with Crippen molar-refractivity contribution < 1.29 is 28.2 Å². The SMILES string of the molecule is CCCOc1cc(F)cc(C[C@@H](C[C@H]2C(=O)N(Cc3ccccc3)CCN2C(=O)OC(C)(C)C)NC(C)=O)c1. The Hall–Kier alpha value is -3.62. The van der Waals surface area contributed by atoms with Gasteiger partial charge in [-0.15, -0.1) is 0 Å². The van der Waals surface area contributed by atoms with Crippen LogP contribution in [0.2, 0.25) is 0 Å². The lowest BCUT2D eigenvalue weighted by atomic mass is 9.96. The fourth-order valence-electron chi connectivity index (χ4n) is 4.64. The smallest absolute Gasteiger partial charge is 0.411 e. The number of ether oxygens (including phenoxy) is 2. The Kier molecular flexibility index (Phi) is 10.3.